The Labute approximate surface area is 156 Å². The molecule has 1 aliphatic rings. The highest BCUT2D eigenvalue weighted by molar-refractivity contribution is 8.00. The molecule has 2 aromatic rings. The Hall–Kier alpha value is -2.29. The Bertz CT molecular complexity index is 753. The smallest absolute Gasteiger partial charge is 0.321 e. The number of hydrogen-bond acceptors (Lipinski definition) is 6. The van der Waals surface area contributed by atoms with Crippen molar-refractivity contribution >= 4 is 23.7 Å². The SMILES string of the molecule is CNC(=O)NC(=O)C(C)Sc1nnc(-c2ccco2)n1C1CCCCC1. The maximum Gasteiger partial charge on any atom is 0.321 e. The molecule has 0 spiro atoms. The van der Waals surface area contributed by atoms with Crippen molar-refractivity contribution in [3.8, 4) is 11.6 Å². The molecule has 26 heavy (non-hydrogen) atoms. The monoisotopic (exact) mass is 377 g/mol. The highest BCUT2D eigenvalue weighted by Gasteiger charge is 2.27. The number of thioether (sulfide) groups is 1. The lowest BCUT2D eigenvalue weighted by Gasteiger charge is -2.25. The van der Waals surface area contributed by atoms with Crippen LogP contribution in [0.2, 0.25) is 0 Å². The van der Waals surface area contributed by atoms with Crippen LogP contribution < -0.4 is 10.6 Å². The minimum atomic E-state index is -0.521. The van der Waals surface area contributed by atoms with Crippen LogP contribution in [0.5, 0.6) is 0 Å². The van der Waals surface area contributed by atoms with Crippen LogP contribution in [0, 0.1) is 0 Å². The number of aromatic nitrogens is 3. The molecular formula is C17H23N5O3S. The second-order valence-electron chi connectivity index (χ2n) is 6.27. The van der Waals surface area contributed by atoms with Crippen molar-refractivity contribution in [2.75, 3.05) is 7.05 Å². The van der Waals surface area contributed by atoms with Crippen LogP contribution in [0.1, 0.15) is 45.1 Å². The third-order valence-corrected chi connectivity index (χ3v) is 5.52. The second-order valence-corrected chi connectivity index (χ2v) is 7.58. The minimum absolute atomic E-state index is 0.288. The van der Waals surface area contributed by atoms with E-state index in [1.165, 1.54) is 25.2 Å². The van der Waals surface area contributed by atoms with Crippen LogP contribution in [0.25, 0.3) is 11.6 Å². The van der Waals surface area contributed by atoms with Crippen molar-refractivity contribution in [2.45, 2.75) is 55.5 Å². The maximum atomic E-state index is 12.2. The van der Waals surface area contributed by atoms with Crippen LogP contribution in [0.4, 0.5) is 4.79 Å². The van der Waals surface area contributed by atoms with E-state index in [1.807, 2.05) is 12.1 Å². The van der Waals surface area contributed by atoms with Gasteiger partial charge in [0.25, 0.3) is 0 Å². The van der Waals surface area contributed by atoms with Crippen LogP contribution in [0.15, 0.2) is 28.0 Å². The van der Waals surface area contributed by atoms with Crippen LogP contribution in [-0.2, 0) is 4.79 Å². The lowest BCUT2D eigenvalue weighted by molar-refractivity contribution is -0.119. The molecule has 1 saturated carbocycles. The summed E-state index contributed by atoms with van der Waals surface area (Å²) in [7, 11) is 1.47. The topological polar surface area (TPSA) is 102 Å². The van der Waals surface area contributed by atoms with Gasteiger partial charge < -0.3 is 9.73 Å². The largest absolute Gasteiger partial charge is 0.461 e. The summed E-state index contributed by atoms with van der Waals surface area (Å²) in [5, 5.41) is 13.5. The summed E-state index contributed by atoms with van der Waals surface area (Å²) in [4.78, 5) is 23.5. The van der Waals surface area contributed by atoms with E-state index >= 15 is 0 Å². The van der Waals surface area contributed by atoms with Crippen molar-refractivity contribution in [3.63, 3.8) is 0 Å². The van der Waals surface area contributed by atoms with Crippen molar-refractivity contribution in [1.29, 1.82) is 0 Å². The predicted octanol–water partition coefficient (Wildman–Crippen LogP) is 2.98. The fourth-order valence-electron chi connectivity index (χ4n) is 3.09. The van der Waals surface area contributed by atoms with Gasteiger partial charge in [-0.1, -0.05) is 31.0 Å². The van der Waals surface area contributed by atoms with Gasteiger partial charge in [0, 0.05) is 13.1 Å². The molecular weight excluding hydrogens is 354 g/mol. The molecule has 0 radical (unpaired) electrons. The molecule has 3 amide bonds. The summed E-state index contributed by atoms with van der Waals surface area (Å²) in [5.74, 6) is 0.979. The van der Waals surface area contributed by atoms with Crippen LogP contribution >= 0.6 is 11.8 Å². The molecule has 140 valence electrons. The van der Waals surface area contributed by atoms with Crippen molar-refractivity contribution in [1.82, 2.24) is 25.4 Å². The summed E-state index contributed by atoms with van der Waals surface area (Å²) in [6.45, 7) is 1.75. The van der Waals surface area contributed by atoms with Gasteiger partial charge in [-0.15, -0.1) is 10.2 Å². The number of nitrogens with zero attached hydrogens (tertiary/aromatic N) is 3. The quantitative estimate of drug-likeness (QED) is 0.777. The number of hydrogen-bond donors (Lipinski definition) is 2. The number of nitrogens with one attached hydrogen (secondary N) is 2. The van der Waals surface area contributed by atoms with Crippen LogP contribution in [-0.4, -0.2) is 39.0 Å². The van der Waals surface area contributed by atoms with Crippen molar-refractivity contribution in [2.24, 2.45) is 0 Å². The molecule has 2 aromatic heterocycles. The molecule has 1 atom stereocenters. The zero-order valence-electron chi connectivity index (χ0n) is 14.9. The molecule has 2 N–H and O–H groups in total. The number of rotatable bonds is 5. The highest BCUT2D eigenvalue weighted by Crippen LogP contribution is 2.36. The number of furan rings is 1. The molecule has 0 saturated heterocycles. The Morgan fingerprint density at radius 1 is 1.31 bits per heavy atom. The van der Waals surface area contributed by atoms with Gasteiger partial charge in [-0.3, -0.25) is 14.7 Å². The summed E-state index contributed by atoms with van der Waals surface area (Å²) in [6.07, 6.45) is 7.29. The first-order valence-electron chi connectivity index (χ1n) is 8.78. The number of urea groups is 1. The van der Waals surface area contributed by atoms with E-state index in [-0.39, 0.29) is 11.9 Å². The third kappa shape index (κ3) is 4.09. The summed E-state index contributed by atoms with van der Waals surface area (Å²) < 4.78 is 7.61. The molecule has 0 aromatic carbocycles. The number of carbonyl (C=O) groups excluding carboxylic acids is 2. The summed E-state index contributed by atoms with van der Waals surface area (Å²) in [6, 6.07) is 3.45. The molecule has 0 aliphatic heterocycles. The lowest BCUT2D eigenvalue weighted by atomic mass is 9.95. The predicted molar refractivity (Wildman–Crippen MR) is 97.8 cm³/mol. The third-order valence-electron chi connectivity index (χ3n) is 4.46. The highest BCUT2D eigenvalue weighted by atomic mass is 32.2. The van der Waals surface area contributed by atoms with Gasteiger partial charge in [0.2, 0.25) is 11.7 Å². The first-order valence-corrected chi connectivity index (χ1v) is 9.66. The standard InChI is InChI=1S/C17H23N5O3S/c1-11(15(23)19-16(24)18-2)26-17-21-20-14(13-9-6-10-25-13)22(17)12-7-4-3-5-8-12/h6,9-12H,3-5,7-8H2,1-2H3,(H2,18,19,23,24). The minimum Gasteiger partial charge on any atom is -0.461 e. The zero-order chi connectivity index (χ0) is 18.5. The van der Waals surface area contributed by atoms with Crippen LogP contribution in [0.3, 0.4) is 0 Å². The lowest BCUT2D eigenvalue weighted by Crippen LogP contribution is -2.41. The van der Waals surface area contributed by atoms with Gasteiger partial charge in [0.15, 0.2) is 10.9 Å². The van der Waals surface area contributed by atoms with Gasteiger partial charge >= 0.3 is 6.03 Å². The van der Waals surface area contributed by atoms with E-state index in [1.54, 1.807) is 13.2 Å². The molecule has 3 rings (SSSR count). The van der Waals surface area contributed by atoms with Gasteiger partial charge in [-0.2, -0.15) is 0 Å². The average molecular weight is 377 g/mol. The van der Waals surface area contributed by atoms with E-state index in [4.69, 9.17) is 4.42 Å². The first-order chi connectivity index (χ1) is 12.6. The zero-order valence-corrected chi connectivity index (χ0v) is 15.7. The molecule has 1 unspecified atom stereocenters. The molecule has 2 heterocycles. The first kappa shape index (κ1) is 18.5. The number of amides is 3. The van der Waals surface area contributed by atoms with E-state index in [2.05, 4.69) is 25.4 Å². The fraction of sp³-hybridized carbons (Fsp3) is 0.529. The Morgan fingerprint density at radius 3 is 2.73 bits per heavy atom. The van der Waals surface area contributed by atoms with E-state index < -0.39 is 11.3 Å². The normalized spacial score (nSPS) is 16.2. The molecule has 0 bridgehead atoms. The number of carbonyl (C=O) groups is 2. The average Bonchev–Trinajstić information content (AvgIpc) is 3.31. The summed E-state index contributed by atoms with van der Waals surface area (Å²) in [5.41, 5.74) is 0. The maximum absolute atomic E-state index is 12.2. The van der Waals surface area contributed by atoms with Crippen molar-refractivity contribution < 1.29 is 14.0 Å². The van der Waals surface area contributed by atoms with Gasteiger partial charge in [-0.05, 0) is 31.9 Å². The van der Waals surface area contributed by atoms with Gasteiger partial charge in [0.1, 0.15) is 0 Å². The van der Waals surface area contributed by atoms with E-state index in [0.29, 0.717) is 16.7 Å². The number of imide groups is 1. The Kier molecular flexibility index (Phi) is 5.97. The Morgan fingerprint density at radius 2 is 2.08 bits per heavy atom. The van der Waals surface area contributed by atoms with Gasteiger partial charge in [0.05, 0.1) is 11.5 Å². The molecule has 1 fully saturated rings. The molecule has 8 nitrogen and oxygen atoms in total. The van der Waals surface area contributed by atoms with E-state index in [0.717, 1.165) is 25.7 Å². The fourth-order valence-corrected chi connectivity index (χ4v) is 4.01. The Balaban J connectivity index is 1.84. The summed E-state index contributed by atoms with van der Waals surface area (Å²) >= 11 is 1.30. The molecule has 9 heteroatoms. The van der Waals surface area contributed by atoms with Gasteiger partial charge in [-0.25, -0.2) is 4.79 Å². The van der Waals surface area contributed by atoms with E-state index in [9.17, 15) is 9.59 Å². The second kappa shape index (κ2) is 8.39. The van der Waals surface area contributed by atoms with Crippen molar-refractivity contribution in [3.05, 3.63) is 18.4 Å². The molecule has 1 aliphatic carbocycles.